The van der Waals surface area contributed by atoms with Gasteiger partial charge in [-0.05, 0) is 29.3 Å². The molecule has 2 heterocycles. The smallest absolute Gasteiger partial charge is 0.251 e. The highest BCUT2D eigenvalue weighted by molar-refractivity contribution is 7.98. The van der Waals surface area contributed by atoms with E-state index in [9.17, 15) is 9.18 Å². The fourth-order valence-corrected chi connectivity index (χ4v) is 4.41. The Kier molecular flexibility index (Phi) is 7.29. The van der Waals surface area contributed by atoms with E-state index in [1.165, 1.54) is 30.2 Å². The number of rotatable bonds is 8. The number of halogens is 1. The van der Waals surface area contributed by atoms with Gasteiger partial charge in [0.2, 0.25) is 0 Å². The molecule has 1 amide bonds. The Hall–Kier alpha value is -2.75. The van der Waals surface area contributed by atoms with Crippen LogP contribution in [0, 0.1) is 5.82 Å². The number of hydrogen-bond acceptors (Lipinski definition) is 6. The topological polar surface area (TPSA) is 83.1 Å². The van der Waals surface area contributed by atoms with Crippen molar-refractivity contribution >= 4 is 17.7 Å². The van der Waals surface area contributed by atoms with E-state index in [0.29, 0.717) is 36.2 Å². The molecule has 31 heavy (non-hydrogen) atoms. The van der Waals surface area contributed by atoms with Gasteiger partial charge >= 0.3 is 0 Å². The van der Waals surface area contributed by atoms with E-state index in [1.54, 1.807) is 6.07 Å². The van der Waals surface area contributed by atoms with Crippen molar-refractivity contribution < 1.29 is 13.9 Å². The fraction of sp³-hybridized carbons (Fsp3) is 0.318. The number of aromatic amines is 1. The Balaban J connectivity index is 1.46. The highest BCUT2D eigenvalue weighted by Gasteiger charge is 2.24. The summed E-state index contributed by atoms with van der Waals surface area (Å²) < 4.78 is 19.3. The molecule has 1 aromatic heterocycles. The van der Waals surface area contributed by atoms with Crippen molar-refractivity contribution in [2.45, 2.75) is 17.0 Å². The first kappa shape index (κ1) is 21.5. The van der Waals surface area contributed by atoms with Gasteiger partial charge in [-0.3, -0.25) is 14.8 Å². The number of morpholine rings is 1. The molecule has 1 aliphatic rings. The van der Waals surface area contributed by atoms with E-state index < -0.39 is 0 Å². The first-order valence-corrected chi connectivity index (χ1v) is 11.1. The zero-order valence-corrected chi connectivity index (χ0v) is 17.8. The molecule has 0 aliphatic carbocycles. The van der Waals surface area contributed by atoms with Crippen LogP contribution in [-0.2, 0) is 10.5 Å². The molecule has 1 saturated heterocycles. The van der Waals surface area contributed by atoms with Crippen molar-refractivity contribution in [3.63, 3.8) is 0 Å². The summed E-state index contributed by atoms with van der Waals surface area (Å²) >= 11 is 1.48. The standard InChI is InChI=1S/C22H24FN5O2S/c23-18-6-3-5-16(12-18)20(28-8-10-30-11-9-28)13-24-21(29)19-7-2-1-4-17(19)14-31-22-25-15-26-27-22/h1-7,12,15,20H,8-11,13-14H2,(H,24,29)(H,25,26,27). The number of nitrogens with one attached hydrogen (secondary N) is 2. The lowest BCUT2D eigenvalue weighted by atomic mass is 10.0. The van der Waals surface area contributed by atoms with Gasteiger partial charge in [-0.2, -0.15) is 5.10 Å². The third-order valence-electron chi connectivity index (χ3n) is 5.20. The van der Waals surface area contributed by atoms with Crippen LogP contribution in [0.25, 0.3) is 0 Å². The Morgan fingerprint density at radius 3 is 2.84 bits per heavy atom. The number of ether oxygens (including phenoxy) is 1. The van der Waals surface area contributed by atoms with Crippen LogP contribution in [0.3, 0.4) is 0 Å². The average Bonchev–Trinajstić information content (AvgIpc) is 3.32. The van der Waals surface area contributed by atoms with Crippen LogP contribution in [0.1, 0.15) is 27.5 Å². The van der Waals surface area contributed by atoms with Gasteiger partial charge < -0.3 is 10.1 Å². The van der Waals surface area contributed by atoms with Crippen LogP contribution in [0.5, 0.6) is 0 Å². The van der Waals surface area contributed by atoms with Gasteiger partial charge in [-0.1, -0.05) is 42.1 Å². The minimum absolute atomic E-state index is 0.126. The van der Waals surface area contributed by atoms with Gasteiger partial charge in [0.1, 0.15) is 12.1 Å². The molecule has 1 fully saturated rings. The molecule has 7 nitrogen and oxygen atoms in total. The quantitative estimate of drug-likeness (QED) is 0.523. The lowest BCUT2D eigenvalue weighted by Gasteiger charge is -2.35. The number of H-pyrrole nitrogens is 1. The van der Waals surface area contributed by atoms with Crippen LogP contribution >= 0.6 is 11.8 Å². The van der Waals surface area contributed by atoms with Crippen molar-refractivity contribution in [1.82, 2.24) is 25.4 Å². The highest BCUT2D eigenvalue weighted by atomic mass is 32.2. The van der Waals surface area contributed by atoms with Crippen molar-refractivity contribution in [2.24, 2.45) is 0 Å². The zero-order valence-electron chi connectivity index (χ0n) is 17.0. The van der Waals surface area contributed by atoms with Gasteiger partial charge in [-0.25, -0.2) is 9.37 Å². The minimum atomic E-state index is -0.281. The summed E-state index contributed by atoms with van der Waals surface area (Å²) in [5.74, 6) is 0.163. The van der Waals surface area contributed by atoms with E-state index in [2.05, 4.69) is 25.4 Å². The van der Waals surface area contributed by atoms with E-state index in [0.717, 1.165) is 24.2 Å². The van der Waals surface area contributed by atoms with Gasteiger partial charge in [0.05, 0.1) is 19.3 Å². The first-order chi connectivity index (χ1) is 15.2. The fourth-order valence-electron chi connectivity index (χ4n) is 3.62. The molecule has 2 N–H and O–H groups in total. The normalized spacial score (nSPS) is 15.5. The molecular formula is C22H24FN5O2S. The monoisotopic (exact) mass is 441 g/mol. The summed E-state index contributed by atoms with van der Waals surface area (Å²) in [6.45, 7) is 3.11. The molecule has 0 radical (unpaired) electrons. The van der Waals surface area contributed by atoms with Gasteiger partial charge in [0.15, 0.2) is 5.16 Å². The summed E-state index contributed by atoms with van der Waals surface area (Å²) in [5, 5.41) is 10.4. The second-order valence-electron chi connectivity index (χ2n) is 7.17. The number of carbonyl (C=O) groups is 1. The summed E-state index contributed by atoms with van der Waals surface area (Å²) in [6, 6.07) is 14.0. The van der Waals surface area contributed by atoms with Crippen LogP contribution in [0.4, 0.5) is 4.39 Å². The molecular weight excluding hydrogens is 417 g/mol. The zero-order chi connectivity index (χ0) is 21.5. The predicted octanol–water partition coefficient (Wildman–Crippen LogP) is 3.04. The van der Waals surface area contributed by atoms with Crippen molar-refractivity contribution in [1.29, 1.82) is 0 Å². The molecule has 1 atom stereocenters. The molecule has 9 heteroatoms. The number of thioether (sulfide) groups is 1. The number of aromatic nitrogens is 3. The molecule has 0 spiro atoms. The summed E-state index contributed by atoms with van der Waals surface area (Å²) in [5.41, 5.74) is 2.38. The third kappa shape index (κ3) is 5.69. The maximum absolute atomic E-state index is 13.9. The number of benzene rings is 2. The molecule has 3 aromatic rings. The van der Waals surface area contributed by atoms with Gasteiger partial charge in [0, 0.05) is 31.0 Å². The lowest BCUT2D eigenvalue weighted by molar-refractivity contribution is 0.0162. The van der Waals surface area contributed by atoms with Crippen LogP contribution in [0.15, 0.2) is 60.0 Å². The maximum atomic E-state index is 13.9. The van der Waals surface area contributed by atoms with Crippen molar-refractivity contribution in [3.8, 4) is 0 Å². The first-order valence-electron chi connectivity index (χ1n) is 10.1. The van der Waals surface area contributed by atoms with Gasteiger partial charge in [-0.15, -0.1) is 0 Å². The Morgan fingerprint density at radius 2 is 2.06 bits per heavy atom. The third-order valence-corrected chi connectivity index (χ3v) is 6.12. The number of carbonyl (C=O) groups excluding carboxylic acids is 1. The molecule has 1 aliphatic heterocycles. The summed E-state index contributed by atoms with van der Waals surface area (Å²) in [6.07, 6.45) is 1.46. The summed E-state index contributed by atoms with van der Waals surface area (Å²) in [7, 11) is 0. The Labute approximate surface area is 184 Å². The van der Waals surface area contributed by atoms with E-state index >= 15 is 0 Å². The minimum Gasteiger partial charge on any atom is -0.379 e. The predicted molar refractivity (Wildman–Crippen MR) is 116 cm³/mol. The molecule has 2 aromatic carbocycles. The molecule has 4 rings (SSSR count). The molecule has 1 unspecified atom stereocenters. The Morgan fingerprint density at radius 1 is 1.23 bits per heavy atom. The average molecular weight is 442 g/mol. The van der Waals surface area contributed by atoms with Crippen LogP contribution in [0.2, 0.25) is 0 Å². The lowest BCUT2D eigenvalue weighted by Crippen LogP contribution is -2.44. The maximum Gasteiger partial charge on any atom is 0.251 e. The number of nitrogens with zero attached hydrogens (tertiary/aromatic N) is 3. The molecule has 162 valence electrons. The van der Waals surface area contributed by atoms with Crippen molar-refractivity contribution in [3.05, 3.63) is 77.4 Å². The number of hydrogen-bond donors (Lipinski definition) is 2. The van der Waals surface area contributed by atoms with E-state index in [4.69, 9.17) is 4.74 Å². The van der Waals surface area contributed by atoms with Crippen molar-refractivity contribution in [2.75, 3.05) is 32.8 Å². The van der Waals surface area contributed by atoms with E-state index in [-0.39, 0.29) is 17.8 Å². The van der Waals surface area contributed by atoms with Crippen LogP contribution in [-0.4, -0.2) is 58.8 Å². The SMILES string of the molecule is O=C(NCC(c1cccc(F)c1)N1CCOCC1)c1ccccc1CSc1ncn[nH]1. The largest absolute Gasteiger partial charge is 0.379 e. The number of amides is 1. The van der Waals surface area contributed by atoms with Gasteiger partial charge in [0.25, 0.3) is 5.91 Å². The second-order valence-corrected chi connectivity index (χ2v) is 8.13. The summed E-state index contributed by atoms with van der Waals surface area (Å²) in [4.78, 5) is 19.4. The van der Waals surface area contributed by atoms with E-state index in [1.807, 2.05) is 30.3 Å². The second kappa shape index (κ2) is 10.5. The molecule has 0 bridgehead atoms. The molecule has 0 saturated carbocycles. The highest BCUT2D eigenvalue weighted by Crippen LogP contribution is 2.24. The van der Waals surface area contributed by atoms with Crippen LogP contribution < -0.4 is 5.32 Å². The Bertz CT molecular complexity index is 995.